The van der Waals surface area contributed by atoms with E-state index in [1.54, 1.807) is 19.6 Å². The van der Waals surface area contributed by atoms with Crippen molar-refractivity contribution in [3.8, 4) is 5.75 Å². The van der Waals surface area contributed by atoms with Crippen LogP contribution in [0.4, 0.5) is 4.79 Å². The molecule has 0 bridgehead atoms. The number of imidazole rings is 1. The standard InChI is InChI=1S/C18H26N4O2/c1-15(4-5-16-6-8-17(24-2)9-7-16)21-18(23)20-10-3-12-22-13-11-19-14-22/h6-9,11,13-15H,3-5,10,12H2,1-2H3,(H2,20,21,23)/t15-/m0/s1. The molecule has 0 saturated carbocycles. The van der Waals surface area contributed by atoms with Gasteiger partial charge in [-0.2, -0.15) is 0 Å². The molecule has 0 fully saturated rings. The number of nitrogens with zero attached hydrogens (tertiary/aromatic N) is 2. The van der Waals surface area contributed by atoms with Crippen molar-refractivity contribution in [2.75, 3.05) is 13.7 Å². The molecule has 0 aliphatic rings. The fourth-order valence-corrected chi connectivity index (χ4v) is 2.40. The summed E-state index contributed by atoms with van der Waals surface area (Å²) in [6.07, 6.45) is 8.15. The van der Waals surface area contributed by atoms with Crippen LogP contribution in [0.5, 0.6) is 5.75 Å². The van der Waals surface area contributed by atoms with Crippen LogP contribution in [0.1, 0.15) is 25.3 Å². The third-order valence-electron chi connectivity index (χ3n) is 3.84. The van der Waals surface area contributed by atoms with Crippen LogP contribution in [-0.4, -0.2) is 35.3 Å². The van der Waals surface area contributed by atoms with Gasteiger partial charge in [-0.05, 0) is 43.9 Å². The van der Waals surface area contributed by atoms with Gasteiger partial charge in [0.15, 0.2) is 0 Å². The maximum Gasteiger partial charge on any atom is 0.314 e. The summed E-state index contributed by atoms with van der Waals surface area (Å²) in [7, 11) is 1.66. The van der Waals surface area contributed by atoms with E-state index < -0.39 is 0 Å². The maximum absolute atomic E-state index is 11.9. The summed E-state index contributed by atoms with van der Waals surface area (Å²) in [5.74, 6) is 0.861. The Morgan fingerprint density at radius 3 is 2.79 bits per heavy atom. The van der Waals surface area contributed by atoms with E-state index in [0.29, 0.717) is 6.54 Å². The van der Waals surface area contributed by atoms with Gasteiger partial charge < -0.3 is 19.9 Å². The number of carbonyl (C=O) groups excluding carboxylic acids is 1. The number of benzene rings is 1. The van der Waals surface area contributed by atoms with E-state index >= 15 is 0 Å². The van der Waals surface area contributed by atoms with Crippen molar-refractivity contribution in [1.82, 2.24) is 20.2 Å². The summed E-state index contributed by atoms with van der Waals surface area (Å²) in [5.41, 5.74) is 1.24. The average molecular weight is 330 g/mol. The Balaban J connectivity index is 1.58. The lowest BCUT2D eigenvalue weighted by Crippen LogP contribution is -2.41. The molecule has 1 aromatic carbocycles. The van der Waals surface area contributed by atoms with Crippen LogP contribution < -0.4 is 15.4 Å². The van der Waals surface area contributed by atoms with Crippen molar-refractivity contribution >= 4 is 6.03 Å². The number of hydrogen-bond donors (Lipinski definition) is 2. The summed E-state index contributed by atoms with van der Waals surface area (Å²) in [6, 6.07) is 8.05. The topological polar surface area (TPSA) is 68.2 Å². The number of ether oxygens (including phenoxy) is 1. The predicted octanol–water partition coefficient (Wildman–Crippen LogP) is 2.60. The number of nitrogens with one attached hydrogen (secondary N) is 2. The average Bonchev–Trinajstić information content (AvgIpc) is 3.11. The van der Waals surface area contributed by atoms with Crippen molar-refractivity contribution in [3.05, 3.63) is 48.5 Å². The fraction of sp³-hybridized carbons (Fsp3) is 0.444. The molecular weight excluding hydrogens is 304 g/mol. The summed E-state index contributed by atoms with van der Waals surface area (Å²) in [5, 5.41) is 5.86. The normalized spacial score (nSPS) is 11.8. The molecule has 0 radical (unpaired) electrons. The Labute approximate surface area is 143 Å². The van der Waals surface area contributed by atoms with Gasteiger partial charge in [0.2, 0.25) is 0 Å². The molecule has 2 amide bonds. The molecule has 0 aliphatic heterocycles. The molecule has 2 rings (SSSR count). The number of rotatable bonds is 9. The first-order chi connectivity index (χ1) is 11.7. The highest BCUT2D eigenvalue weighted by Gasteiger charge is 2.07. The van der Waals surface area contributed by atoms with Crippen LogP contribution in [0.2, 0.25) is 0 Å². The van der Waals surface area contributed by atoms with Crippen molar-refractivity contribution < 1.29 is 9.53 Å². The lowest BCUT2D eigenvalue weighted by Gasteiger charge is -2.15. The van der Waals surface area contributed by atoms with E-state index in [2.05, 4.69) is 27.8 Å². The van der Waals surface area contributed by atoms with E-state index in [1.807, 2.05) is 29.8 Å². The second-order valence-corrected chi connectivity index (χ2v) is 5.84. The van der Waals surface area contributed by atoms with Crippen LogP contribution in [0.3, 0.4) is 0 Å². The third-order valence-corrected chi connectivity index (χ3v) is 3.84. The van der Waals surface area contributed by atoms with Gasteiger partial charge in [0.25, 0.3) is 0 Å². The van der Waals surface area contributed by atoms with Gasteiger partial charge in [-0.1, -0.05) is 12.1 Å². The number of aryl methyl sites for hydroxylation is 2. The number of urea groups is 1. The molecule has 1 atom stereocenters. The fourth-order valence-electron chi connectivity index (χ4n) is 2.40. The van der Waals surface area contributed by atoms with Crippen LogP contribution in [-0.2, 0) is 13.0 Å². The van der Waals surface area contributed by atoms with E-state index in [9.17, 15) is 4.79 Å². The van der Waals surface area contributed by atoms with Gasteiger partial charge >= 0.3 is 6.03 Å². The van der Waals surface area contributed by atoms with Crippen molar-refractivity contribution in [3.63, 3.8) is 0 Å². The Kier molecular flexibility index (Phi) is 7.14. The Hall–Kier alpha value is -2.50. The van der Waals surface area contributed by atoms with Gasteiger partial charge in [0.05, 0.1) is 13.4 Å². The van der Waals surface area contributed by atoms with E-state index in [4.69, 9.17) is 4.74 Å². The zero-order chi connectivity index (χ0) is 17.2. The number of aromatic nitrogens is 2. The molecular formula is C18H26N4O2. The molecule has 130 valence electrons. The van der Waals surface area contributed by atoms with Crippen LogP contribution in [0.25, 0.3) is 0 Å². The zero-order valence-corrected chi connectivity index (χ0v) is 14.4. The van der Waals surface area contributed by atoms with E-state index in [1.165, 1.54) is 5.56 Å². The monoisotopic (exact) mass is 330 g/mol. The summed E-state index contributed by atoms with van der Waals surface area (Å²) in [6.45, 7) is 3.52. The molecule has 24 heavy (non-hydrogen) atoms. The smallest absolute Gasteiger partial charge is 0.314 e. The molecule has 2 N–H and O–H groups in total. The van der Waals surface area contributed by atoms with E-state index in [0.717, 1.165) is 31.6 Å². The van der Waals surface area contributed by atoms with Gasteiger partial charge in [0, 0.05) is 31.5 Å². The van der Waals surface area contributed by atoms with E-state index in [-0.39, 0.29) is 12.1 Å². The highest BCUT2D eigenvalue weighted by Crippen LogP contribution is 2.13. The SMILES string of the molecule is COc1ccc(CC[C@H](C)NC(=O)NCCCn2ccnc2)cc1. The van der Waals surface area contributed by atoms with Crippen molar-refractivity contribution in [1.29, 1.82) is 0 Å². The maximum atomic E-state index is 11.9. The molecule has 0 unspecified atom stereocenters. The Morgan fingerprint density at radius 1 is 1.33 bits per heavy atom. The first kappa shape index (κ1) is 17.8. The van der Waals surface area contributed by atoms with Gasteiger partial charge in [-0.3, -0.25) is 0 Å². The van der Waals surface area contributed by atoms with Crippen LogP contribution >= 0.6 is 0 Å². The van der Waals surface area contributed by atoms with Crippen LogP contribution in [0, 0.1) is 0 Å². The predicted molar refractivity (Wildman–Crippen MR) is 94.2 cm³/mol. The first-order valence-corrected chi connectivity index (χ1v) is 8.30. The highest BCUT2D eigenvalue weighted by molar-refractivity contribution is 5.74. The summed E-state index contributed by atoms with van der Waals surface area (Å²) < 4.78 is 7.14. The summed E-state index contributed by atoms with van der Waals surface area (Å²) in [4.78, 5) is 15.8. The minimum atomic E-state index is -0.108. The molecule has 0 spiro atoms. The molecule has 6 nitrogen and oxygen atoms in total. The summed E-state index contributed by atoms with van der Waals surface area (Å²) >= 11 is 0. The third kappa shape index (κ3) is 6.32. The number of carbonyl (C=O) groups is 1. The Bertz CT molecular complexity index is 596. The number of methoxy groups -OCH3 is 1. The Morgan fingerprint density at radius 2 is 2.12 bits per heavy atom. The lowest BCUT2D eigenvalue weighted by atomic mass is 10.1. The minimum Gasteiger partial charge on any atom is -0.497 e. The van der Waals surface area contributed by atoms with Gasteiger partial charge in [-0.25, -0.2) is 9.78 Å². The van der Waals surface area contributed by atoms with Crippen molar-refractivity contribution in [2.45, 2.75) is 38.8 Å². The number of amides is 2. The second-order valence-electron chi connectivity index (χ2n) is 5.84. The molecule has 6 heteroatoms. The molecule has 2 aromatic rings. The molecule has 1 aromatic heterocycles. The number of hydrogen-bond acceptors (Lipinski definition) is 3. The quantitative estimate of drug-likeness (QED) is 0.695. The van der Waals surface area contributed by atoms with Gasteiger partial charge in [-0.15, -0.1) is 0 Å². The van der Waals surface area contributed by atoms with Crippen molar-refractivity contribution in [2.24, 2.45) is 0 Å². The van der Waals surface area contributed by atoms with Crippen LogP contribution in [0.15, 0.2) is 43.0 Å². The zero-order valence-electron chi connectivity index (χ0n) is 14.4. The second kappa shape index (κ2) is 9.60. The first-order valence-electron chi connectivity index (χ1n) is 8.30. The minimum absolute atomic E-state index is 0.108. The van der Waals surface area contributed by atoms with Gasteiger partial charge in [0.1, 0.15) is 5.75 Å². The molecule has 0 saturated heterocycles. The largest absolute Gasteiger partial charge is 0.497 e. The lowest BCUT2D eigenvalue weighted by molar-refractivity contribution is 0.237. The molecule has 1 heterocycles. The molecule has 0 aliphatic carbocycles. The highest BCUT2D eigenvalue weighted by atomic mass is 16.5.